The molecule has 0 fully saturated rings. The molecular formula is C9H12N8O2. The molecule has 0 spiro atoms. The van der Waals surface area contributed by atoms with E-state index in [1.54, 1.807) is 0 Å². The molecule has 0 saturated heterocycles. The summed E-state index contributed by atoms with van der Waals surface area (Å²) in [6.45, 7) is 0.0711. The molecule has 2 amide bonds. The number of nitrogens with one attached hydrogen (secondary N) is 3. The van der Waals surface area contributed by atoms with Gasteiger partial charge in [-0.05, 0) is 0 Å². The van der Waals surface area contributed by atoms with Crippen LogP contribution in [0.1, 0.15) is 10.6 Å². The van der Waals surface area contributed by atoms with Gasteiger partial charge in [-0.3, -0.25) is 19.4 Å². The van der Waals surface area contributed by atoms with Gasteiger partial charge in [-0.25, -0.2) is 0 Å². The molecule has 2 aromatic rings. The SMILES string of the molecule is CNC(=O)Cn1cc(NC(=O)c2nc(N)n[nH]2)cn1. The Morgan fingerprint density at radius 3 is 2.95 bits per heavy atom. The van der Waals surface area contributed by atoms with Crippen molar-refractivity contribution >= 4 is 23.5 Å². The van der Waals surface area contributed by atoms with Gasteiger partial charge in [-0.1, -0.05) is 0 Å². The van der Waals surface area contributed by atoms with Crippen LogP contribution in [-0.2, 0) is 11.3 Å². The lowest BCUT2D eigenvalue weighted by atomic mass is 10.5. The average Bonchev–Trinajstić information content (AvgIpc) is 2.98. The number of anilines is 2. The number of rotatable bonds is 4. The predicted molar refractivity (Wildman–Crippen MR) is 65.0 cm³/mol. The summed E-state index contributed by atoms with van der Waals surface area (Å²) >= 11 is 0. The zero-order valence-corrected chi connectivity index (χ0v) is 10.0. The lowest BCUT2D eigenvalue weighted by molar-refractivity contribution is -0.121. The van der Waals surface area contributed by atoms with E-state index in [-0.39, 0.29) is 24.2 Å². The third-order valence-corrected chi connectivity index (χ3v) is 2.19. The molecule has 2 rings (SSSR count). The molecule has 0 unspecified atom stereocenters. The van der Waals surface area contributed by atoms with Gasteiger partial charge in [0.05, 0.1) is 11.9 Å². The van der Waals surface area contributed by atoms with Gasteiger partial charge in [-0.15, -0.1) is 5.10 Å². The summed E-state index contributed by atoms with van der Waals surface area (Å²) in [6.07, 6.45) is 2.94. The Labute approximate surface area is 107 Å². The zero-order chi connectivity index (χ0) is 13.8. The van der Waals surface area contributed by atoms with Gasteiger partial charge in [0.2, 0.25) is 17.7 Å². The van der Waals surface area contributed by atoms with Crippen molar-refractivity contribution in [3.63, 3.8) is 0 Å². The highest BCUT2D eigenvalue weighted by molar-refractivity contribution is 6.01. The van der Waals surface area contributed by atoms with Crippen molar-refractivity contribution in [2.45, 2.75) is 6.54 Å². The summed E-state index contributed by atoms with van der Waals surface area (Å²) in [5, 5.41) is 14.9. The van der Waals surface area contributed by atoms with Crippen LogP contribution in [0.2, 0.25) is 0 Å². The van der Waals surface area contributed by atoms with Crippen LogP contribution < -0.4 is 16.4 Å². The van der Waals surface area contributed by atoms with E-state index in [0.29, 0.717) is 5.69 Å². The maximum absolute atomic E-state index is 11.7. The highest BCUT2D eigenvalue weighted by Gasteiger charge is 2.12. The van der Waals surface area contributed by atoms with E-state index in [4.69, 9.17) is 5.73 Å². The lowest BCUT2D eigenvalue weighted by Gasteiger charge is -1.99. The van der Waals surface area contributed by atoms with Crippen molar-refractivity contribution in [3.8, 4) is 0 Å². The molecule has 0 saturated carbocycles. The minimum absolute atomic E-state index is 0.00319. The number of amides is 2. The number of aromatic amines is 1. The van der Waals surface area contributed by atoms with Gasteiger partial charge < -0.3 is 16.4 Å². The Hall–Kier alpha value is -2.91. The van der Waals surface area contributed by atoms with Gasteiger partial charge in [0, 0.05) is 13.2 Å². The molecule has 10 heteroatoms. The molecule has 0 bridgehead atoms. The molecule has 5 N–H and O–H groups in total. The summed E-state index contributed by atoms with van der Waals surface area (Å²) in [5.41, 5.74) is 5.72. The van der Waals surface area contributed by atoms with Crippen LogP contribution >= 0.6 is 0 Å². The predicted octanol–water partition coefficient (Wildman–Crippen LogP) is -1.42. The topological polar surface area (TPSA) is 144 Å². The molecule has 100 valence electrons. The number of nitrogens with zero attached hydrogens (tertiary/aromatic N) is 4. The molecule has 0 aliphatic heterocycles. The van der Waals surface area contributed by atoms with E-state index in [1.165, 1.54) is 24.1 Å². The number of hydrogen-bond donors (Lipinski definition) is 4. The molecule has 2 heterocycles. The van der Waals surface area contributed by atoms with Crippen molar-refractivity contribution in [3.05, 3.63) is 18.2 Å². The van der Waals surface area contributed by atoms with E-state index in [9.17, 15) is 9.59 Å². The number of carbonyl (C=O) groups excluding carboxylic acids is 2. The van der Waals surface area contributed by atoms with Crippen LogP contribution in [0.5, 0.6) is 0 Å². The van der Waals surface area contributed by atoms with E-state index in [0.717, 1.165) is 0 Å². The number of nitrogen functional groups attached to an aromatic ring is 1. The van der Waals surface area contributed by atoms with Crippen molar-refractivity contribution in [1.29, 1.82) is 0 Å². The molecule has 0 aliphatic rings. The van der Waals surface area contributed by atoms with Crippen LogP contribution in [0.4, 0.5) is 11.6 Å². The fourth-order valence-electron chi connectivity index (χ4n) is 1.31. The Kier molecular flexibility index (Phi) is 3.41. The van der Waals surface area contributed by atoms with E-state index in [2.05, 4.69) is 30.9 Å². The first kappa shape index (κ1) is 12.5. The Balaban J connectivity index is 2.00. The highest BCUT2D eigenvalue weighted by atomic mass is 16.2. The smallest absolute Gasteiger partial charge is 0.293 e. The number of nitrogens with two attached hydrogens (primary N) is 1. The van der Waals surface area contributed by atoms with Crippen LogP contribution in [-0.4, -0.2) is 43.8 Å². The number of carbonyl (C=O) groups is 2. The Morgan fingerprint density at radius 2 is 2.32 bits per heavy atom. The maximum atomic E-state index is 11.7. The van der Waals surface area contributed by atoms with E-state index in [1.807, 2.05) is 0 Å². The standard InChI is InChI=1S/C9H12N8O2/c1-11-6(18)4-17-3-5(2-12-17)13-8(19)7-14-9(10)16-15-7/h2-3H,4H2,1H3,(H,11,18)(H,13,19)(H3,10,14,15,16). The molecule has 0 radical (unpaired) electrons. The number of H-pyrrole nitrogens is 1. The van der Waals surface area contributed by atoms with Gasteiger partial charge in [0.1, 0.15) is 6.54 Å². The molecule has 0 atom stereocenters. The number of aromatic nitrogens is 5. The van der Waals surface area contributed by atoms with Crippen molar-refractivity contribution < 1.29 is 9.59 Å². The molecule has 0 aliphatic carbocycles. The summed E-state index contributed by atoms with van der Waals surface area (Å²) in [7, 11) is 1.53. The van der Waals surface area contributed by atoms with Crippen LogP contribution in [0.3, 0.4) is 0 Å². The number of hydrogen-bond acceptors (Lipinski definition) is 6. The molecule has 19 heavy (non-hydrogen) atoms. The van der Waals surface area contributed by atoms with Crippen LogP contribution in [0.25, 0.3) is 0 Å². The second kappa shape index (κ2) is 5.16. The van der Waals surface area contributed by atoms with Gasteiger partial charge >= 0.3 is 0 Å². The molecule has 10 nitrogen and oxygen atoms in total. The Bertz CT molecular complexity index is 601. The second-order valence-electron chi connectivity index (χ2n) is 3.60. The largest absolute Gasteiger partial charge is 0.366 e. The minimum Gasteiger partial charge on any atom is -0.366 e. The fourth-order valence-corrected chi connectivity index (χ4v) is 1.31. The molecule has 2 aromatic heterocycles. The van der Waals surface area contributed by atoms with E-state index < -0.39 is 5.91 Å². The quantitative estimate of drug-likeness (QED) is 0.533. The van der Waals surface area contributed by atoms with Gasteiger partial charge in [0.25, 0.3) is 5.91 Å². The van der Waals surface area contributed by atoms with E-state index >= 15 is 0 Å². The monoisotopic (exact) mass is 264 g/mol. The van der Waals surface area contributed by atoms with Crippen molar-refractivity contribution in [1.82, 2.24) is 30.3 Å². The third kappa shape index (κ3) is 3.06. The summed E-state index contributed by atoms with van der Waals surface area (Å²) in [5.74, 6) is -0.704. The first-order valence-corrected chi connectivity index (χ1v) is 5.30. The van der Waals surface area contributed by atoms with Gasteiger partial charge in [-0.2, -0.15) is 10.1 Å². The fraction of sp³-hybridized carbons (Fsp3) is 0.222. The summed E-state index contributed by atoms with van der Waals surface area (Å²) in [4.78, 5) is 26.5. The van der Waals surface area contributed by atoms with Crippen molar-refractivity contribution in [2.75, 3.05) is 18.1 Å². The summed E-state index contributed by atoms with van der Waals surface area (Å²) in [6, 6.07) is 0. The zero-order valence-electron chi connectivity index (χ0n) is 10.0. The number of likely N-dealkylation sites (N-methyl/N-ethyl adjacent to an activating group) is 1. The minimum atomic E-state index is -0.497. The molecular weight excluding hydrogens is 252 g/mol. The highest BCUT2D eigenvalue weighted by Crippen LogP contribution is 2.06. The van der Waals surface area contributed by atoms with Crippen LogP contribution in [0.15, 0.2) is 12.4 Å². The van der Waals surface area contributed by atoms with Crippen molar-refractivity contribution in [2.24, 2.45) is 0 Å². The Morgan fingerprint density at radius 1 is 1.53 bits per heavy atom. The first-order valence-electron chi connectivity index (χ1n) is 5.30. The second-order valence-corrected chi connectivity index (χ2v) is 3.60. The van der Waals surface area contributed by atoms with Crippen LogP contribution in [0, 0.1) is 0 Å². The third-order valence-electron chi connectivity index (χ3n) is 2.19. The normalized spacial score (nSPS) is 10.2. The average molecular weight is 264 g/mol. The lowest BCUT2D eigenvalue weighted by Crippen LogP contribution is -2.23. The summed E-state index contributed by atoms with van der Waals surface area (Å²) < 4.78 is 1.39. The van der Waals surface area contributed by atoms with Gasteiger partial charge in [0.15, 0.2) is 0 Å². The first-order chi connectivity index (χ1) is 9.08. The molecule has 0 aromatic carbocycles. The maximum Gasteiger partial charge on any atom is 0.293 e.